The molecule has 1 unspecified atom stereocenters. The minimum atomic E-state index is -0.393. The van der Waals surface area contributed by atoms with Crippen molar-refractivity contribution in [3.05, 3.63) is 16.4 Å². The zero-order valence-electron chi connectivity index (χ0n) is 6.66. The van der Waals surface area contributed by atoms with Crippen LogP contribution in [0, 0.1) is 11.3 Å². The Morgan fingerprint density at radius 2 is 2.38 bits per heavy atom. The highest BCUT2D eigenvalue weighted by molar-refractivity contribution is 9.11. The summed E-state index contributed by atoms with van der Waals surface area (Å²) < 4.78 is 0.744. The molecule has 0 amide bonds. The van der Waals surface area contributed by atoms with Gasteiger partial charge in [-0.15, -0.1) is 0 Å². The number of rotatable bonds is 2. The molecule has 1 aromatic heterocycles. The molecule has 0 aromatic carbocycles. The van der Waals surface area contributed by atoms with Gasteiger partial charge in [0.25, 0.3) is 0 Å². The molecule has 0 aliphatic carbocycles. The van der Waals surface area contributed by atoms with Crippen molar-refractivity contribution in [1.82, 2.24) is 9.97 Å². The molecule has 0 bridgehead atoms. The van der Waals surface area contributed by atoms with E-state index in [1.54, 1.807) is 6.20 Å². The lowest BCUT2D eigenvalue weighted by Crippen LogP contribution is -1.96. The highest BCUT2D eigenvalue weighted by atomic mass is 79.9. The molecule has 68 valence electrons. The van der Waals surface area contributed by atoms with Gasteiger partial charge in [0.05, 0.1) is 16.2 Å². The van der Waals surface area contributed by atoms with Gasteiger partial charge in [0, 0.05) is 6.20 Å². The third-order valence-corrected chi connectivity index (χ3v) is 3.10. The van der Waals surface area contributed by atoms with Crippen LogP contribution in [-0.2, 0) is 0 Å². The van der Waals surface area contributed by atoms with E-state index in [1.807, 2.05) is 6.26 Å². The van der Waals surface area contributed by atoms with Crippen molar-refractivity contribution >= 4 is 43.6 Å². The summed E-state index contributed by atoms with van der Waals surface area (Å²) >= 11 is 7.94. The summed E-state index contributed by atoms with van der Waals surface area (Å²) in [5.74, 6) is 0. The molecular formula is C7H5Br2N3S. The minimum absolute atomic E-state index is 0.393. The van der Waals surface area contributed by atoms with E-state index in [0.717, 1.165) is 4.47 Å². The number of alkyl halides is 1. The zero-order chi connectivity index (χ0) is 9.84. The second-order valence-corrected chi connectivity index (χ2v) is 4.62. The molecular weight excluding hydrogens is 318 g/mol. The Bertz CT molecular complexity index is 350. The Hall–Kier alpha value is -0.120. The largest absolute Gasteiger partial charge is 0.230 e. The van der Waals surface area contributed by atoms with Gasteiger partial charge in [0.1, 0.15) is 4.83 Å². The molecule has 1 atom stereocenters. The van der Waals surface area contributed by atoms with Gasteiger partial charge in [-0.05, 0) is 22.2 Å². The number of thioether (sulfide) groups is 1. The van der Waals surface area contributed by atoms with Crippen LogP contribution in [-0.4, -0.2) is 16.2 Å². The van der Waals surface area contributed by atoms with Crippen molar-refractivity contribution in [1.29, 1.82) is 5.26 Å². The summed E-state index contributed by atoms with van der Waals surface area (Å²) in [4.78, 5) is 7.85. The van der Waals surface area contributed by atoms with E-state index in [9.17, 15) is 0 Å². The lowest BCUT2D eigenvalue weighted by atomic mass is 10.3. The fourth-order valence-corrected chi connectivity index (χ4v) is 2.12. The number of aromatic nitrogens is 2. The van der Waals surface area contributed by atoms with Gasteiger partial charge in [-0.1, -0.05) is 27.7 Å². The Kier molecular flexibility index (Phi) is 4.16. The summed E-state index contributed by atoms with van der Waals surface area (Å²) in [6, 6.07) is 2.06. The van der Waals surface area contributed by atoms with Crippen LogP contribution in [0.4, 0.5) is 0 Å². The van der Waals surface area contributed by atoms with Gasteiger partial charge in [-0.3, -0.25) is 0 Å². The van der Waals surface area contributed by atoms with Crippen LogP contribution in [0.1, 0.15) is 10.5 Å². The topological polar surface area (TPSA) is 49.6 Å². The third kappa shape index (κ3) is 2.66. The normalized spacial score (nSPS) is 12.2. The lowest BCUT2D eigenvalue weighted by molar-refractivity contribution is 0.901. The molecule has 1 heterocycles. The fourth-order valence-electron chi connectivity index (χ4n) is 0.701. The average molecular weight is 323 g/mol. The summed E-state index contributed by atoms with van der Waals surface area (Å²) in [7, 11) is 0. The molecule has 3 nitrogen and oxygen atoms in total. The predicted molar refractivity (Wildman–Crippen MR) is 58.8 cm³/mol. The van der Waals surface area contributed by atoms with Crippen molar-refractivity contribution < 1.29 is 0 Å². The molecule has 0 fully saturated rings. The van der Waals surface area contributed by atoms with Crippen molar-refractivity contribution in [2.24, 2.45) is 0 Å². The smallest absolute Gasteiger partial charge is 0.187 e. The van der Waals surface area contributed by atoms with E-state index in [0.29, 0.717) is 10.9 Å². The molecule has 0 spiro atoms. The van der Waals surface area contributed by atoms with E-state index in [4.69, 9.17) is 5.26 Å². The first-order valence-corrected chi connectivity index (χ1v) is 6.22. The van der Waals surface area contributed by atoms with Gasteiger partial charge in [0.2, 0.25) is 0 Å². The first-order chi connectivity index (χ1) is 6.19. The van der Waals surface area contributed by atoms with Gasteiger partial charge in [0.15, 0.2) is 5.16 Å². The molecule has 0 aliphatic heterocycles. The van der Waals surface area contributed by atoms with Crippen molar-refractivity contribution in [2.75, 3.05) is 6.26 Å². The van der Waals surface area contributed by atoms with E-state index >= 15 is 0 Å². The maximum atomic E-state index is 8.69. The van der Waals surface area contributed by atoms with Crippen LogP contribution in [0.5, 0.6) is 0 Å². The molecule has 0 saturated carbocycles. The molecule has 0 aliphatic rings. The number of halogens is 2. The summed E-state index contributed by atoms with van der Waals surface area (Å²) in [5, 5.41) is 9.36. The van der Waals surface area contributed by atoms with E-state index in [1.165, 1.54) is 11.8 Å². The first kappa shape index (κ1) is 11.0. The standard InChI is InChI=1S/C7H5Br2N3S/c1-13-7-11-3-5(9)6(12-7)4(8)2-10/h3-4H,1H3. The first-order valence-electron chi connectivity index (χ1n) is 3.29. The van der Waals surface area contributed by atoms with E-state index in [-0.39, 0.29) is 0 Å². The van der Waals surface area contributed by atoms with Crippen LogP contribution >= 0.6 is 43.6 Å². The summed E-state index contributed by atoms with van der Waals surface area (Å²) in [6.07, 6.45) is 3.54. The number of hydrogen-bond acceptors (Lipinski definition) is 4. The van der Waals surface area contributed by atoms with Gasteiger partial charge in [-0.25, -0.2) is 9.97 Å². The maximum Gasteiger partial charge on any atom is 0.187 e. The zero-order valence-corrected chi connectivity index (χ0v) is 10.6. The Morgan fingerprint density at radius 3 is 2.92 bits per heavy atom. The fraction of sp³-hybridized carbons (Fsp3) is 0.286. The van der Waals surface area contributed by atoms with E-state index in [2.05, 4.69) is 47.9 Å². The van der Waals surface area contributed by atoms with E-state index < -0.39 is 4.83 Å². The summed E-state index contributed by atoms with van der Waals surface area (Å²) in [6.45, 7) is 0. The van der Waals surface area contributed by atoms with Crippen LogP contribution in [0.2, 0.25) is 0 Å². The number of nitriles is 1. The highest BCUT2D eigenvalue weighted by Gasteiger charge is 2.13. The molecule has 1 aromatic rings. The number of hydrogen-bond donors (Lipinski definition) is 0. The predicted octanol–water partition coefficient (Wildman–Crippen LogP) is 2.92. The SMILES string of the molecule is CSc1ncc(Br)c(C(Br)C#N)n1. The summed E-state index contributed by atoms with van der Waals surface area (Å²) in [5.41, 5.74) is 0.668. The van der Waals surface area contributed by atoms with Crippen LogP contribution in [0.3, 0.4) is 0 Å². The maximum absolute atomic E-state index is 8.69. The lowest BCUT2D eigenvalue weighted by Gasteiger charge is -2.04. The second-order valence-electron chi connectivity index (χ2n) is 2.08. The number of nitrogens with zero attached hydrogens (tertiary/aromatic N) is 3. The van der Waals surface area contributed by atoms with Crippen molar-refractivity contribution in [2.45, 2.75) is 9.98 Å². The molecule has 1 rings (SSSR count). The highest BCUT2D eigenvalue weighted by Crippen LogP contribution is 2.27. The third-order valence-electron chi connectivity index (χ3n) is 1.29. The molecule has 0 N–H and O–H groups in total. The van der Waals surface area contributed by atoms with Gasteiger partial charge < -0.3 is 0 Å². The average Bonchev–Trinajstić information content (AvgIpc) is 2.17. The minimum Gasteiger partial charge on any atom is -0.230 e. The Balaban J connectivity index is 3.12. The molecule has 13 heavy (non-hydrogen) atoms. The van der Waals surface area contributed by atoms with Crippen molar-refractivity contribution in [3.8, 4) is 6.07 Å². The van der Waals surface area contributed by atoms with Crippen LogP contribution in [0.25, 0.3) is 0 Å². The van der Waals surface area contributed by atoms with Crippen LogP contribution < -0.4 is 0 Å². The molecule has 0 radical (unpaired) electrons. The molecule has 0 saturated heterocycles. The second kappa shape index (κ2) is 4.94. The van der Waals surface area contributed by atoms with Crippen molar-refractivity contribution in [3.63, 3.8) is 0 Å². The Labute approximate surface area is 97.2 Å². The van der Waals surface area contributed by atoms with Gasteiger partial charge in [-0.2, -0.15) is 5.26 Å². The quantitative estimate of drug-likeness (QED) is 0.477. The van der Waals surface area contributed by atoms with Gasteiger partial charge >= 0.3 is 0 Å². The van der Waals surface area contributed by atoms with Crippen LogP contribution in [0.15, 0.2) is 15.8 Å². The molecule has 6 heteroatoms. The monoisotopic (exact) mass is 321 g/mol. The Morgan fingerprint density at radius 1 is 1.69 bits per heavy atom.